The Bertz CT molecular complexity index is 294. The van der Waals surface area contributed by atoms with Crippen LogP contribution in [0.5, 0.6) is 0 Å². The first-order valence-corrected chi connectivity index (χ1v) is 7.50. The van der Waals surface area contributed by atoms with E-state index in [1.807, 2.05) is 0 Å². The van der Waals surface area contributed by atoms with E-state index in [0.717, 1.165) is 41.4 Å². The maximum atomic E-state index is 2.62. The van der Waals surface area contributed by atoms with E-state index in [9.17, 15) is 0 Å². The van der Waals surface area contributed by atoms with Gasteiger partial charge in [0.15, 0.2) is 0 Å². The molecule has 8 unspecified atom stereocenters. The molecule has 0 aromatic carbocycles. The van der Waals surface area contributed by atoms with Crippen molar-refractivity contribution in [3.8, 4) is 0 Å². The van der Waals surface area contributed by atoms with Gasteiger partial charge in [0, 0.05) is 0 Å². The van der Waals surface area contributed by atoms with E-state index in [1.165, 1.54) is 12.8 Å². The highest BCUT2D eigenvalue weighted by atomic mass is 14.7. The van der Waals surface area contributed by atoms with Gasteiger partial charge < -0.3 is 0 Å². The first-order valence-electron chi connectivity index (χ1n) is 7.50. The van der Waals surface area contributed by atoms with E-state index in [1.54, 1.807) is 6.42 Å². The van der Waals surface area contributed by atoms with Crippen LogP contribution in [-0.2, 0) is 0 Å². The van der Waals surface area contributed by atoms with Crippen LogP contribution >= 0.6 is 0 Å². The summed E-state index contributed by atoms with van der Waals surface area (Å²) in [6, 6.07) is 0. The van der Waals surface area contributed by atoms with Crippen molar-refractivity contribution in [2.45, 2.75) is 53.9 Å². The molecule has 3 saturated carbocycles. The Morgan fingerprint density at radius 3 is 2.31 bits per heavy atom. The van der Waals surface area contributed by atoms with Crippen molar-refractivity contribution in [1.82, 2.24) is 0 Å². The average Bonchev–Trinajstić information content (AvgIpc) is 2.73. The molecule has 3 rings (SSSR count). The minimum Gasteiger partial charge on any atom is -0.0651 e. The van der Waals surface area contributed by atoms with Crippen molar-refractivity contribution in [2.24, 2.45) is 46.8 Å². The zero-order valence-electron chi connectivity index (χ0n) is 11.7. The summed E-state index contributed by atoms with van der Waals surface area (Å²) < 4.78 is 0. The zero-order chi connectivity index (χ0) is 11.7. The standard InChI is InChI=1S/C16H28/c1-6-12-9(2)7-14(12)16(5)8-13-10(3)15(13)11(16)4/h9-15H,6-8H2,1-5H3. The maximum absolute atomic E-state index is 2.62. The van der Waals surface area contributed by atoms with E-state index < -0.39 is 0 Å². The molecule has 0 heteroatoms. The highest BCUT2D eigenvalue weighted by molar-refractivity contribution is 5.13. The van der Waals surface area contributed by atoms with Crippen molar-refractivity contribution < 1.29 is 0 Å². The molecule has 8 atom stereocenters. The molecular formula is C16H28. The van der Waals surface area contributed by atoms with Crippen LogP contribution in [0.2, 0.25) is 0 Å². The molecule has 0 bridgehead atoms. The van der Waals surface area contributed by atoms with Crippen LogP contribution in [0, 0.1) is 46.8 Å². The monoisotopic (exact) mass is 220 g/mol. The van der Waals surface area contributed by atoms with Gasteiger partial charge in [0.1, 0.15) is 0 Å². The molecule has 0 amide bonds. The normalized spacial score (nSPS) is 63.9. The van der Waals surface area contributed by atoms with Crippen molar-refractivity contribution in [3.63, 3.8) is 0 Å². The van der Waals surface area contributed by atoms with E-state index in [2.05, 4.69) is 34.6 Å². The van der Waals surface area contributed by atoms with Crippen LogP contribution in [0.15, 0.2) is 0 Å². The van der Waals surface area contributed by atoms with E-state index in [4.69, 9.17) is 0 Å². The lowest BCUT2D eigenvalue weighted by molar-refractivity contribution is -0.0531. The van der Waals surface area contributed by atoms with Crippen molar-refractivity contribution in [2.75, 3.05) is 0 Å². The summed E-state index contributed by atoms with van der Waals surface area (Å²) in [6.45, 7) is 12.5. The van der Waals surface area contributed by atoms with Crippen LogP contribution in [-0.4, -0.2) is 0 Å². The molecule has 3 aliphatic rings. The predicted octanol–water partition coefficient (Wildman–Crippen LogP) is 4.60. The van der Waals surface area contributed by atoms with Gasteiger partial charge in [0.25, 0.3) is 0 Å². The smallest absolute Gasteiger partial charge is 0.0263 e. The topological polar surface area (TPSA) is 0 Å². The first-order chi connectivity index (χ1) is 7.50. The summed E-state index contributed by atoms with van der Waals surface area (Å²) >= 11 is 0. The van der Waals surface area contributed by atoms with Gasteiger partial charge in [-0.1, -0.05) is 41.0 Å². The van der Waals surface area contributed by atoms with Gasteiger partial charge in [-0.15, -0.1) is 0 Å². The summed E-state index contributed by atoms with van der Waals surface area (Å²) in [5.41, 5.74) is 0.703. The molecule has 3 aliphatic carbocycles. The molecule has 0 radical (unpaired) electrons. The quantitative estimate of drug-likeness (QED) is 0.638. The van der Waals surface area contributed by atoms with Gasteiger partial charge in [-0.05, 0) is 59.7 Å². The zero-order valence-corrected chi connectivity index (χ0v) is 11.7. The fourth-order valence-corrected chi connectivity index (χ4v) is 5.75. The summed E-state index contributed by atoms with van der Waals surface area (Å²) in [5, 5.41) is 0. The second-order valence-corrected chi connectivity index (χ2v) is 7.49. The lowest BCUT2D eigenvalue weighted by Crippen LogP contribution is -2.47. The maximum Gasteiger partial charge on any atom is -0.0263 e. The molecule has 0 spiro atoms. The molecule has 0 heterocycles. The molecule has 0 N–H and O–H groups in total. The summed E-state index contributed by atoms with van der Waals surface area (Å²) in [5.74, 6) is 7.36. The molecule has 0 nitrogen and oxygen atoms in total. The third-order valence-electron chi connectivity index (χ3n) is 7.12. The van der Waals surface area contributed by atoms with Gasteiger partial charge in [0.2, 0.25) is 0 Å². The predicted molar refractivity (Wildman–Crippen MR) is 69.1 cm³/mol. The molecule has 0 aliphatic heterocycles. The lowest BCUT2D eigenvalue weighted by Gasteiger charge is -2.54. The van der Waals surface area contributed by atoms with Crippen molar-refractivity contribution >= 4 is 0 Å². The molecule has 0 saturated heterocycles. The van der Waals surface area contributed by atoms with Crippen LogP contribution in [0.25, 0.3) is 0 Å². The Morgan fingerprint density at radius 2 is 1.88 bits per heavy atom. The van der Waals surface area contributed by atoms with Gasteiger partial charge in [-0.3, -0.25) is 0 Å². The Morgan fingerprint density at radius 1 is 1.19 bits per heavy atom. The molecule has 0 aromatic heterocycles. The highest BCUT2D eigenvalue weighted by Gasteiger charge is 2.65. The molecule has 0 aromatic rings. The minimum atomic E-state index is 0.703. The fraction of sp³-hybridized carbons (Fsp3) is 1.00. The van der Waals surface area contributed by atoms with Crippen LogP contribution in [0.4, 0.5) is 0 Å². The first kappa shape index (κ1) is 11.1. The second-order valence-electron chi connectivity index (χ2n) is 7.49. The molecule has 16 heavy (non-hydrogen) atoms. The SMILES string of the molecule is CCC1C(C)CC1C1(C)CC2C(C)C2C1C. The van der Waals surface area contributed by atoms with E-state index >= 15 is 0 Å². The summed E-state index contributed by atoms with van der Waals surface area (Å²) in [4.78, 5) is 0. The molecular weight excluding hydrogens is 192 g/mol. The Hall–Kier alpha value is 0. The third-order valence-corrected chi connectivity index (χ3v) is 7.12. The number of hydrogen-bond donors (Lipinski definition) is 0. The molecule has 92 valence electrons. The van der Waals surface area contributed by atoms with Gasteiger partial charge >= 0.3 is 0 Å². The highest BCUT2D eigenvalue weighted by Crippen LogP contribution is 2.72. The fourth-order valence-electron chi connectivity index (χ4n) is 5.75. The number of fused-ring (bicyclic) bond motifs is 1. The van der Waals surface area contributed by atoms with Crippen molar-refractivity contribution in [1.29, 1.82) is 0 Å². The summed E-state index contributed by atoms with van der Waals surface area (Å²) in [6.07, 6.45) is 4.49. The van der Waals surface area contributed by atoms with Gasteiger partial charge in [0.05, 0.1) is 0 Å². The Labute approximate surface area is 101 Å². The third kappa shape index (κ3) is 1.17. The number of rotatable bonds is 2. The minimum absolute atomic E-state index is 0.703. The Kier molecular flexibility index (Phi) is 2.27. The van der Waals surface area contributed by atoms with Gasteiger partial charge in [-0.25, -0.2) is 0 Å². The van der Waals surface area contributed by atoms with E-state index in [-0.39, 0.29) is 0 Å². The second kappa shape index (κ2) is 3.27. The van der Waals surface area contributed by atoms with Gasteiger partial charge in [-0.2, -0.15) is 0 Å². The van der Waals surface area contributed by atoms with Crippen LogP contribution < -0.4 is 0 Å². The number of hydrogen-bond acceptors (Lipinski definition) is 0. The lowest BCUT2D eigenvalue weighted by atomic mass is 9.51. The summed E-state index contributed by atoms with van der Waals surface area (Å²) in [7, 11) is 0. The van der Waals surface area contributed by atoms with E-state index in [0.29, 0.717) is 5.41 Å². The average molecular weight is 220 g/mol. The largest absolute Gasteiger partial charge is 0.0651 e. The Balaban J connectivity index is 1.76. The van der Waals surface area contributed by atoms with Crippen molar-refractivity contribution in [3.05, 3.63) is 0 Å². The molecule has 3 fully saturated rings. The van der Waals surface area contributed by atoms with Crippen LogP contribution in [0.1, 0.15) is 53.9 Å². The van der Waals surface area contributed by atoms with Crippen LogP contribution in [0.3, 0.4) is 0 Å².